The van der Waals surface area contributed by atoms with Gasteiger partial charge in [0.15, 0.2) is 0 Å². The van der Waals surface area contributed by atoms with Gasteiger partial charge in [0.25, 0.3) is 11.3 Å². The Kier molecular flexibility index (Phi) is 3.98. The van der Waals surface area contributed by atoms with Gasteiger partial charge in [-0.2, -0.15) is 0 Å². The van der Waals surface area contributed by atoms with Crippen LogP contribution in [0.15, 0.2) is 0 Å². The zero-order valence-electron chi connectivity index (χ0n) is 4.57. The van der Waals surface area contributed by atoms with Crippen LogP contribution in [0.5, 0.6) is 0 Å². The fourth-order valence-electron chi connectivity index (χ4n) is 0.269. The first-order valence-electron chi connectivity index (χ1n) is 2.26. The molecule has 0 bridgehead atoms. The Labute approximate surface area is 50.5 Å². The molecule has 0 aliphatic rings. The van der Waals surface area contributed by atoms with Crippen LogP contribution < -0.4 is 0 Å². The molecule has 5 heteroatoms. The third kappa shape index (κ3) is 3.09. The highest BCUT2D eigenvalue weighted by atomic mass is 32.2. The number of hydroxylamine groups is 1. The highest BCUT2D eigenvalue weighted by Gasteiger charge is 2.02. The van der Waals surface area contributed by atoms with E-state index in [-0.39, 0.29) is 6.54 Å². The van der Waals surface area contributed by atoms with Crippen LogP contribution in [-0.2, 0) is 11.3 Å². The van der Waals surface area contributed by atoms with E-state index >= 15 is 0 Å². The van der Waals surface area contributed by atoms with Crippen molar-refractivity contribution in [3.8, 4) is 0 Å². The second kappa shape index (κ2) is 3.96. The molecular formula is C3H9NO3S. The van der Waals surface area contributed by atoms with Crippen molar-refractivity contribution in [3.05, 3.63) is 0 Å². The molecule has 0 saturated heterocycles. The van der Waals surface area contributed by atoms with E-state index in [0.717, 1.165) is 0 Å². The molecule has 4 nitrogen and oxygen atoms in total. The zero-order valence-corrected chi connectivity index (χ0v) is 5.39. The first kappa shape index (κ1) is 8.03. The van der Waals surface area contributed by atoms with Gasteiger partial charge in [0.1, 0.15) is 0 Å². The number of nitrogens with zero attached hydrogens (tertiary/aromatic N) is 1. The lowest BCUT2D eigenvalue weighted by Crippen LogP contribution is -2.21. The standard InChI is InChI=1S/C3H9NO3S/c1-2-3-4(5)8(6)7/h5H,2-3H2,1H3,(H,6,7). The lowest BCUT2D eigenvalue weighted by atomic mass is 10.5. The number of hydrogen-bond acceptors (Lipinski definition) is 2. The van der Waals surface area contributed by atoms with Gasteiger partial charge in [0, 0.05) is 6.54 Å². The van der Waals surface area contributed by atoms with E-state index in [1.165, 1.54) is 0 Å². The summed E-state index contributed by atoms with van der Waals surface area (Å²) in [5.41, 5.74) is 0. The maximum absolute atomic E-state index is 9.88. The van der Waals surface area contributed by atoms with Crippen LogP contribution in [0.1, 0.15) is 13.3 Å². The molecule has 0 aromatic rings. The van der Waals surface area contributed by atoms with Crippen LogP contribution in [-0.4, -0.2) is 25.0 Å². The average molecular weight is 139 g/mol. The second-order valence-electron chi connectivity index (χ2n) is 1.31. The average Bonchev–Trinajstić information content (AvgIpc) is 1.67. The summed E-state index contributed by atoms with van der Waals surface area (Å²) in [4.78, 5) is 0. The van der Waals surface area contributed by atoms with Crippen LogP contribution in [0.25, 0.3) is 0 Å². The predicted molar refractivity (Wildman–Crippen MR) is 29.6 cm³/mol. The largest absolute Gasteiger partial charge is 0.299 e. The van der Waals surface area contributed by atoms with Gasteiger partial charge >= 0.3 is 0 Å². The van der Waals surface area contributed by atoms with Crippen molar-refractivity contribution in [2.45, 2.75) is 13.3 Å². The Morgan fingerprint density at radius 3 is 2.38 bits per heavy atom. The van der Waals surface area contributed by atoms with E-state index in [1.807, 2.05) is 0 Å². The van der Waals surface area contributed by atoms with Gasteiger partial charge in [0.2, 0.25) is 0 Å². The van der Waals surface area contributed by atoms with Crippen molar-refractivity contribution < 1.29 is 14.0 Å². The lowest BCUT2D eigenvalue weighted by Gasteiger charge is -2.04. The van der Waals surface area contributed by atoms with Crippen LogP contribution in [0, 0.1) is 0 Å². The van der Waals surface area contributed by atoms with Crippen LogP contribution in [0.4, 0.5) is 0 Å². The first-order chi connectivity index (χ1) is 3.68. The van der Waals surface area contributed by atoms with Crippen molar-refractivity contribution in [1.29, 1.82) is 0 Å². The third-order valence-electron chi connectivity index (χ3n) is 0.595. The van der Waals surface area contributed by atoms with E-state index < -0.39 is 11.3 Å². The fraction of sp³-hybridized carbons (Fsp3) is 1.00. The van der Waals surface area contributed by atoms with Crippen LogP contribution in [0.3, 0.4) is 0 Å². The second-order valence-corrected chi connectivity index (χ2v) is 2.19. The maximum atomic E-state index is 9.88. The van der Waals surface area contributed by atoms with Gasteiger partial charge < -0.3 is 0 Å². The molecule has 0 rings (SSSR count). The monoisotopic (exact) mass is 139 g/mol. The molecule has 50 valence electrons. The third-order valence-corrected chi connectivity index (χ3v) is 1.14. The smallest absolute Gasteiger partial charge is 0.258 e. The van der Waals surface area contributed by atoms with Gasteiger partial charge in [-0.3, -0.25) is 9.76 Å². The number of rotatable bonds is 3. The Balaban J connectivity index is 3.32. The summed E-state index contributed by atoms with van der Waals surface area (Å²) >= 11 is -2.22. The molecule has 1 atom stereocenters. The summed E-state index contributed by atoms with van der Waals surface area (Å²) in [6.45, 7) is 2.03. The van der Waals surface area contributed by atoms with Crippen molar-refractivity contribution in [1.82, 2.24) is 4.47 Å². The molecule has 1 unspecified atom stereocenters. The van der Waals surface area contributed by atoms with E-state index in [0.29, 0.717) is 10.9 Å². The summed E-state index contributed by atoms with van der Waals surface area (Å²) < 4.78 is 18.4. The summed E-state index contributed by atoms with van der Waals surface area (Å²) in [7, 11) is 0. The Morgan fingerprint density at radius 1 is 1.75 bits per heavy atom. The normalized spacial score (nSPS) is 14.5. The van der Waals surface area contributed by atoms with Gasteiger partial charge in [0.05, 0.1) is 0 Å². The van der Waals surface area contributed by atoms with Gasteiger partial charge in [-0.05, 0) is 6.42 Å². The molecule has 0 spiro atoms. The molecule has 0 fully saturated rings. The summed E-state index contributed by atoms with van der Waals surface area (Å²) in [5.74, 6) is 0. The molecule has 0 aromatic carbocycles. The highest BCUT2D eigenvalue weighted by Crippen LogP contribution is 1.86. The fourth-order valence-corrected chi connectivity index (χ4v) is 0.608. The lowest BCUT2D eigenvalue weighted by molar-refractivity contribution is 0.00205. The SMILES string of the molecule is CCCN(O)S(=O)O. The van der Waals surface area contributed by atoms with Crippen LogP contribution >= 0.6 is 0 Å². The summed E-state index contributed by atoms with van der Waals surface area (Å²) in [6.07, 6.45) is 0.656. The topological polar surface area (TPSA) is 60.8 Å². The van der Waals surface area contributed by atoms with Crippen molar-refractivity contribution in [2.24, 2.45) is 0 Å². The Hall–Kier alpha value is 0.0300. The molecule has 0 saturated carbocycles. The van der Waals surface area contributed by atoms with Crippen molar-refractivity contribution in [2.75, 3.05) is 6.54 Å². The van der Waals surface area contributed by atoms with Crippen LogP contribution in [0.2, 0.25) is 0 Å². The molecular weight excluding hydrogens is 130 g/mol. The molecule has 0 amide bonds. The molecule has 2 N–H and O–H groups in total. The molecule has 0 aromatic heterocycles. The zero-order chi connectivity index (χ0) is 6.57. The van der Waals surface area contributed by atoms with Gasteiger partial charge in [-0.25, -0.2) is 4.21 Å². The number of hydrogen-bond donors (Lipinski definition) is 2. The molecule has 0 radical (unpaired) electrons. The van der Waals surface area contributed by atoms with E-state index in [2.05, 4.69) is 0 Å². The van der Waals surface area contributed by atoms with Crippen molar-refractivity contribution in [3.63, 3.8) is 0 Å². The minimum Gasteiger partial charge on any atom is -0.299 e. The summed E-state index contributed by atoms with van der Waals surface area (Å²) in [6, 6.07) is 0. The van der Waals surface area contributed by atoms with E-state index in [9.17, 15) is 4.21 Å². The molecule has 0 heterocycles. The van der Waals surface area contributed by atoms with Crippen molar-refractivity contribution >= 4 is 11.3 Å². The van der Waals surface area contributed by atoms with E-state index in [1.54, 1.807) is 6.92 Å². The minimum atomic E-state index is -2.22. The highest BCUT2D eigenvalue weighted by molar-refractivity contribution is 7.76. The summed E-state index contributed by atoms with van der Waals surface area (Å²) in [5, 5.41) is 8.41. The quantitative estimate of drug-likeness (QED) is 0.434. The van der Waals surface area contributed by atoms with E-state index in [4.69, 9.17) is 9.76 Å². The van der Waals surface area contributed by atoms with Gasteiger partial charge in [-0.15, -0.1) is 0 Å². The predicted octanol–water partition coefficient (Wildman–Crippen LogP) is 0.224. The minimum absolute atomic E-state index is 0.225. The van der Waals surface area contributed by atoms with Gasteiger partial charge in [-0.1, -0.05) is 11.4 Å². The first-order valence-corrected chi connectivity index (χ1v) is 3.32. The maximum Gasteiger partial charge on any atom is 0.258 e. The Bertz CT molecular complexity index is 86.6. The molecule has 8 heavy (non-hydrogen) atoms. The molecule has 0 aliphatic carbocycles. The Morgan fingerprint density at radius 2 is 2.25 bits per heavy atom. The molecule has 0 aliphatic heterocycles.